The van der Waals surface area contributed by atoms with E-state index >= 15 is 0 Å². The number of hydrogen-bond donors (Lipinski definition) is 0. The molecule has 1 rings (SSSR count). The van der Waals surface area contributed by atoms with Crippen LogP contribution < -0.4 is 0 Å². The third-order valence-electron chi connectivity index (χ3n) is 2.73. The first-order chi connectivity index (χ1) is 10.0. The predicted molar refractivity (Wildman–Crippen MR) is 85.4 cm³/mol. The Morgan fingerprint density at radius 3 is 2.57 bits per heavy atom. The summed E-state index contributed by atoms with van der Waals surface area (Å²) >= 11 is 0. The van der Waals surface area contributed by atoms with Gasteiger partial charge < -0.3 is 4.74 Å². The molecule has 0 spiro atoms. The topological polar surface area (TPSA) is 26.3 Å². The molecular weight excluding hydrogens is 260 g/mol. The number of ether oxygens (including phenoxy) is 1. The van der Waals surface area contributed by atoms with Crippen molar-refractivity contribution in [2.24, 2.45) is 0 Å². The molecule has 2 heteroatoms. The first kappa shape index (κ1) is 16.9. The molecule has 0 N–H and O–H groups in total. The molecule has 21 heavy (non-hydrogen) atoms. The second kappa shape index (κ2) is 8.88. The van der Waals surface area contributed by atoms with Crippen molar-refractivity contribution in [2.75, 3.05) is 0 Å². The Hall–Kier alpha value is -2.19. The van der Waals surface area contributed by atoms with E-state index in [2.05, 4.69) is 30.6 Å². The Bertz CT molecular complexity index is 562. The van der Waals surface area contributed by atoms with Crippen molar-refractivity contribution in [3.8, 4) is 23.7 Å². The molecule has 0 atom stereocenters. The van der Waals surface area contributed by atoms with Crippen LogP contribution >= 0.6 is 0 Å². The van der Waals surface area contributed by atoms with Crippen LogP contribution in [-0.2, 0) is 9.53 Å². The van der Waals surface area contributed by atoms with Crippen molar-refractivity contribution >= 4 is 5.97 Å². The third kappa shape index (κ3) is 7.85. The quantitative estimate of drug-likeness (QED) is 0.475. The van der Waals surface area contributed by atoms with Crippen molar-refractivity contribution < 1.29 is 9.53 Å². The lowest BCUT2D eigenvalue weighted by atomic mass is 10.1. The molecule has 0 aliphatic rings. The molecule has 0 aliphatic heterocycles. The molecule has 0 radical (unpaired) electrons. The minimum Gasteiger partial charge on any atom is -0.437 e. The van der Waals surface area contributed by atoms with Gasteiger partial charge in [0.25, 0.3) is 0 Å². The zero-order valence-corrected chi connectivity index (χ0v) is 13.0. The Balaban J connectivity index is 2.51. The minimum atomic E-state index is -0.797. The second-order valence-corrected chi connectivity index (χ2v) is 5.27. The van der Waals surface area contributed by atoms with Crippen LogP contribution in [0.25, 0.3) is 0 Å². The Morgan fingerprint density at radius 1 is 1.19 bits per heavy atom. The largest absolute Gasteiger partial charge is 0.437 e. The Labute approximate surface area is 127 Å². The van der Waals surface area contributed by atoms with Crippen molar-refractivity contribution in [1.82, 2.24) is 0 Å². The van der Waals surface area contributed by atoms with Gasteiger partial charge in [-0.3, -0.25) is 0 Å². The van der Waals surface area contributed by atoms with Crippen molar-refractivity contribution in [1.29, 1.82) is 0 Å². The maximum Gasteiger partial charge on any atom is 0.386 e. The van der Waals surface area contributed by atoms with E-state index in [9.17, 15) is 4.79 Å². The van der Waals surface area contributed by atoms with Gasteiger partial charge in [0.2, 0.25) is 0 Å². The molecular formula is C19H22O2. The van der Waals surface area contributed by atoms with E-state index in [0.717, 1.165) is 18.4 Å². The lowest BCUT2D eigenvalue weighted by Crippen LogP contribution is -2.25. The van der Waals surface area contributed by atoms with Crippen LogP contribution in [0.3, 0.4) is 0 Å². The normalized spacial score (nSPS) is 9.86. The molecule has 0 fully saturated rings. The molecule has 0 saturated carbocycles. The number of rotatable bonds is 4. The van der Waals surface area contributed by atoms with Crippen LogP contribution in [-0.4, -0.2) is 11.6 Å². The van der Waals surface area contributed by atoms with Crippen molar-refractivity contribution in [3.05, 3.63) is 35.9 Å². The lowest BCUT2D eigenvalue weighted by Gasteiger charge is -2.16. The molecule has 110 valence electrons. The molecule has 1 aromatic carbocycles. The molecule has 0 aliphatic carbocycles. The summed E-state index contributed by atoms with van der Waals surface area (Å²) in [5.41, 5.74) is -0.00723. The molecule has 0 aromatic heterocycles. The van der Waals surface area contributed by atoms with Gasteiger partial charge in [-0.2, -0.15) is 0 Å². The maximum absolute atomic E-state index is 11.7. The SMILES string of the molecule is CCCCCC#CC(C)(C)OC(=O)C#Cc1ccccc1. The van der Waals surface area contributed by atoms with Crippen LogP contribution in [0.5, 0.6) is 0 Å². The van der Waals surface area contributed by atoms with E-state index < -0.39 is 11.6 Å². The van der Waals surface area contributed by atoms with E-state index in [-0.39, 0.29) is 0 Å². The number of esters is 1. The number of hydrogen-bond acceptors (Lipinski definition) is 2. The average Bonchev–Trinajstić information content (AvgIpc) is 2.45. The monoisotopic (exact) mass is 282 g/mol. The molecule has 0 bridgehead atoms. The predicted octanol–water partition coefficient (Wildman–Crippen LogP) is 3.94. The van der Waals surface area contributed by atoms with E-state index in [4.69, 9.17) is 4.74 Å². The smallest absolute Gasteiger partial charge is 0.386 e. The van der Waals surface area contributed by atoms with E-state index in [1.54, 1.807) is 13.8 Å². The van der Waals surface area contributed by atoms with Gasteiger partial charge in [-0.1, -0.05) is 55.7 Å². The highest BCUT2D eigenvalue weighted by Gasteiger charge is 2.18. The van der Waals surface area contributed by atoms with Crippen molar-refractivity contribution in [3.63, 3.8) is 0 Å². The van der Waals surface area contributed by atoms with Gasteiger partial charge in [-0.05, 0) is 32.4 Å². The zero-order valence-electron chi connectivity index (χ0n) is 13.0. The zero-order chi connectivity index (χ0) is 15.6. The molecule has 1 aromatic rings. The summed E-state index contributed by atoms with van der Waals surface area (Å²) in [5, 5.41) is 0. The summed E-state index contributed by atoms with van der Waals surface area (Å²) in [7, 11) is 0. The van der Waals surface area contributed by atoms with Gasteiger partial charge in [0.05, 0.1) is 0 Å². The van der Waals surface area contributed by atoms with Gasteiger partial charge in [-0.25, -0.2) is 4.79 Å². The average molecular weight is 282 g/mol. The summed E-state index contributed by atoms with van der Waals surface area (Å²) in [6.07, 6.45) is 4.28. The summed E-state index contributed by atoms with van der Waals surface area (Å²) in [4.78, 5) is 11.7. The molecule has 2 nitrogen and oxygen atoms in total. The second-order valence-electron chi connectivity index (χ2n) is 5.27. The number of unbranched alkanes of at least 4 members (excludes halogenated alkanes) is 3. The third-order valence-corrected chi connectivity index (χ3v) is 2.73. The van der Waals surface area contributed by atoms with Gasteiger partial charge in [0, 0.05) is 17.9 Å². The summed E-state index contributed by atoms with van der Waals surface area (Å²) in [6.45, 7) is 5.72. The van der Waals surface area contributed by atoms with Gasteiger partial charge in [-0.15, -0.1) is 0 Å². The number of benzene rings is 1. The highest BCUT2D eigenvalue weighted by Crippen LogP contribution is 2.08. The minimum absolute atomic E-state index is 0.549. The van der Waals surface area contributed by atoms with E-state index in [1.807, 2.05) is 30.3 Å². The maximum atomic E-state index is 11.7. The summed E-state index contributed by atoms with van der Waals surface area (Å²) < 4.78 is 5.28. The molecule has 0 unspecified atom stereocenters. The number of carbonyl (C=O) groups excluding carboxylic acids is 1. The Kier molecular flexibility index (Phi) is 7.13. The standard InChI is InChI=1S/C19H22O2/c1-4-5-6-7-11-16-19(2,3)21-18(20)15-14-17-12-9-8-10-13-17/h8-10,12-13H,4-7H2,1-3H3. The first-order valence-corrected chi connectivity index (χ1v) is 7.33. The van der Waals surface area contributed by atoms with E-state index in [1.165, 1.54) is 12.8 Å². The summed E-state index contributed by atoms with van der Waals surface area (Å²) in [5.74, 6) is 10.8. The number of carbonyl (C=O) groups is 1. The van der Waals surface area contributed by atoms with Gasteiger partial charge in [0.15, 0.2) is 5.60 Å². The van der Waals surface area contributed by atoms with Crippen LogP contribution in [0, 0.1) is 23.7 Å². The first-order valence-electron chi connectivity index (χ1n) is 7.33. The van der Waals surface area contributed by atoms with Crippen molar-refractivity contribution in [2.45, 2.75) is 52.1 Å². The van der Waals surface area contributed by atoms with Crippen LogP contribution in [0.4, 0.5) is 0 Å². The summed E-state index contributed by atoms with van der Waals surface area (Å²) in [6, 6.07) is 9.35. The lowest BCUT2D eigenvalue weighted by molar-refractivity contribution is -0.144. The van der Waals surface area contributed by atoms with Gasteiger partial charge >= 0.3 is 5.97 Å². The van der Waals surface area contributed by atoms with Gasteiger partial charge in [0.1, 0.15) is 0 Å². The molecule has 0 amide bonds. The fourth-order valence-electron chi connectivity index (χ4n) is 1.67. The fourth-order valence-corrected chi connectivity index (χ4v) is 1.67. The highest BCUT2D eigenvalue weighted by atomic mass is 16.6. The Morgan fingerprint density at radius 2 is 1.90 bits per heavy atom. The van der Waals surface area contributed by atoms with Crippen LogP contribution in [0.2, 0.25) is 0 Å². The molecule has 0 heterocycles. The van der Waals surface area contributed by atoms with Crippen LogP contribution in [0.1, 0.15) is 52.0 Å². The fraction of sp³-hybridized carbons (Fsp3) is 0.421. The molecule has 0 saturated heterocycles. The van der Waals surface area contributed by atoms with E-state index in [0.29, 0.717) is 0 Å². The highest BCUT2D eigenvalue weighted by molar-refractivity contribution is 5.89. The van der Waals surface area contributed by atoms with Crippen LogP contribution in [0.15, 0.2) is 30.3 Å².